The van der Waals surface area contributed by atoms with Crippen LogP contribution in [0.2, 0.25) is 0 Å². The number of halogens is 3. The summed E-state index contributed by atoms with van der Waals surface area (Å²) < 4.78 is 42.2. The highest BCUT2D eigenvalue weighted by Crippen LogP contribution is 2.43. The van der Waals surface area contributed by atoms with Crippen molar-refractivity contribution >= 4 is 16.7 Å². The molecule has 3 rings (SSSR count). The highest BCUT2D eigenvalue weighted by molar-refractivity contribution is 5.84. The largest absolute Gasteiger partial charge is 0.409 e. The number of carbonyl (C=O) groups is 1. The third kappa shape index (κ3) is 6.03. The van der Waals surface area contributed by atoms with Crippen LogP contribution in [-0.4, -0.2) is 22.6 Å². The van der Waals surface area contributed by atoms with Crippen LogP contribution in [0.25, 0.3) is 10.8 Å². The van der Waals surface area contributed by atoms with Crippen LogP contribution in [0.4, 0.5) is 13.2 Å². The number of rotatable bonds is 10. The first kappa shape index (κ1) is 24.6. The second-order valence-corrected chi connectivity index (χ2v) is 9.65. The molecule has 1 aliphatic heterocycles. The van der Waals surface area contributed by atoms with E-state index in [9.17, 15) is 18.0 Å². The number of nitrogens with one attached hydrogen (secondary N) is 1. The molecule has 1 fully saturated rings. The quantitative estimate of drug-likeness (QED) is 0.388. The Labute approximate surface area is 189 Å². The number of benzene rings is 2. The Hall–Kier alpha value is -2.08. The minimum absolute atomic E-state index is 0.0368. The molecule has 0 aliphatic carbocycles. The third-order valence-corrected chi connectivity index (χ3v) is 6.37. The van der Waals surface area contributed by atoms with Crippen molar-refractivity contribution in [3.8, 4) is 0 Å². The predicted octanol–water partition coefficient (Wildman–Crippen LogP) is 7.25. The molecule has 0 aromatic heterocycles. The van der Waals surface area contributed by atoms with E-state index >= 15 is 0 Å². The van der Waals surface area contributed by atoms with Crippen LogP contribution < -0.4 is 5.43 Å². The van der Waals surface area contributed by atoms with E-state index in [0.717, 1.165) is 28.6 Å². The van der Waals surface area contributed by atoms with Crippen LogP contribution in [-0.2, 0) is 11.2 Å². The Morgan fingerprint density at radius 2 is 1.59 bits per heavy atom. The van der Waals surface area contributed by atoms with Crippen molar-refractivity contribution in [1.82, 2.24) is 10.4 Å². The van der Waals surface area contributed by atoms with Crippen molar-refractivity contribution in [2.45, 2.75) is 96.3 Å². The normalized spacial score (nSPS) is 17.6. The molecular weight excluding hydrogens is 413 g/mol. The molecule has 0 saturated carbocycles. The molecule has 3 nitrogen and oxygen atoms in total. The van der Waals surface area contributed by atoms with Crippen LogP contribution in [0.1, 0.15) is 89.3 Å². The smallest absolute Gasteiger partial charge is 0.287 e. The summed E-state index contributed by atoms with van der Waals surface area (Å²) >= 11 is 0. The fourth-order valence-electron chi connectivity index (χ4n) is 4.63. The van der Waals surface area contributed by atoms with Gasteiger partial charge in [0.05, 0.1) is 0 Å². The fraction of sp³-hybridized carbons (Fsp3) is 0.577. The third-order valence-electron chi connectivity index (χ3n) is 6.37. The van der Waals surface area contributed by atoms with Crippen LogP contribution >= 0.6 is 0 Å². The number of alkyl halides is 3. The molecule has 1 heterocycles. The number of hydrogen-bond acceptors (Lipinski definition) is 2. The molecule has 6 heteroatoms. The lowest BCUT2D eigenvalue weighted by molar-refractivity contribution is -0.203. The molecule has 2 aromatic rings. The summed E-state index contributed by atoms with van der Waals surface area (Å²) in [5.41, 5.74) is 2.86. The summed E-state index contributed by atoms with van der Waals surface area (Å²) in [5.74, 6) is -0.389. The van der Waals surface area contributed by atoms with Crippen molar-refractivity contribution in [1.29, 1.82) is 0 Å². The minimum atomic E-state index is -4.51. The first-order chi connectivity index (χ1) is 15.1. The molecule has 1 atom stereocenters. The van der Waals surface area contributed by atoms with Gasteiger partial charge in [0.1, 0.15) is 0 Å². The highest BCUT2D eigenvalue weighted by Gasteiger charge is 2.52. The number of hydrazine groups is 1. The zero-order chi connectivity index (χ0) is 23.4. The Morgan fingerprint density at radius 3 is 2.22 bits per heavy atom. The van der Waals surface area contributed by atoms with Gasteiger partial charge < -0.3 is 0 Å². The summed E-state index contributed by atoms with van der Waals surface area (Å²) in [4.78, 5) is 11.8. The van der Waals surface area contributed by atoms with E-state index < -0.39 is 17.8 Å². The summed E-state index contributed by atoms with van der Waals surface area (Å²) in [6, 6.07) is 9.04. The van der Waals surface area contributed by atoms with Gasteiger partial charge in [-0.2, -0.15) is 18.2 Å². The number of nitrogens with zero attached hydrogens (tertiary/aromatic N) is 1. The minimum Gasteiger partial charge on any atom is -0.287 e. The van der Waals surface area contributed by atoms with Gasteiger partial charge in [-0.15, -0.1) is 0 Å². The van der Waals surface area contributed by atoms with Crippen molar-refractivity contribution in [3.05, 3.63) is 47.5 Å². The zero-order valence-electron chi connectivity index (χ0n) is 19.4. The van der Waals surface area contributed by atoms with Crippen LogP contribution in [0, 0.1) is 0 Å². The number of hydrogen-bond donors (Lipinski definition) is 1. The van der Waals surface area contributed by atoms with E-state index in [1.165, 1.54) is 44.1 Å². The predicted molar refractivity (Wildman–Crippen MR) is 123 cm³/mol. The monoisotopic (exact) mass is 448 g/mol. The van der Waals surface area contributed by atoms with Gasteiger partial charge in [-0.3, -0.25) is 10.2 Å². The standard InChI is InChI=1S/C26H35F3N2O/c1-4-5-6-7-8-9-10-11-19-12-13-21-17-22(15-14-20(21)16-19)24(26(27,28)29)31-25(2,3)18-23(32)30-31/h12-17,24H,4-11,18H2,1-3H3,(H,30,32)/t24-/m0/s1. The topological polar surface area (TPSA) is 32.3 Å². The van der Waals surface area contributed by atoms with Crippen molar-refractivity contribution in [2.24, 2.45) is 0 Å². The number of fused-ring (bicyclic) bond motifs is 1. The van der Waals surface area contributed by atoms with Gasteiger partial charge in [0.2, 0.25) is 5.91 Å². The van der Waals surface area contributed by atoms with Gasteiger partial charge in [0.25, 0.3) is 0 Å². The molecule has 0 unspecified atom stereocenters. The number of amides is 1. The molecule has 32 heavy (non-hydrogen) atoms. The second kappa shape index (κ2) is 10.2. The Balaban J connectivity index is 1.73. The van der Waals surface area contributed by atoms with Crippen molar-refractivity contribution in [2.75, 3.05) is 0 Å². The molecule has 1 N–H and O–H groups in total. The van der Waals surface area contributed by atoms with E-state index in [-0.39, 0.29) is 17.9 Å². The van der Waals surface area contributed by atoms with Gasteiger partial charge in [-0.05, 0) is 54.7 Å². The Morgan fingerprint density at radius 1 is 0.969 bits per heavy atom. The lowest BCUT2D eigenvalue weighted by atomic mass is 9.95. The first-order valence-electron chi connectivity index (χ1n) is 11.8. The summed E-state index contributed by atoms with van der Waals surface area (Å²) in [6.07, 6.45) is 5.30. The van der Waals surface area contributed by atoms with Gasteiger partial charge in [0.15, 0.2) is 6.04 Å². The average Bonchev–Trinajstić information content (AvgIpc) is 2.98. The van der Waals surface area contributed by atoms with Gasteiger partial charge >= 0.3 is 6.18 Å². The molecule has 176 valence electrons. The average molecular weight is 449 g/mol. The summed E-state index contributed by atoms with van der Waals surface area (Å²) in [7, 11) is 0. The van der Waals surface area contributed by atoms with Crippen LogP contribution in [0.15, 0.2) is 36.4 Å². The van der Waals surface area contributed by atoms with Gasteiger partial charge in [-0.1, -0.05) is 75.8 Å². The van der Waals surface area contributed by atoms with Crippen LogP contribution in [0.5, 0.6) is 0 Å². The summed E-state index contributed by atoms with van der Waals surface area (Å²) in [6.45, 7) is 5.53. The van der Waals surface area contributed by atoms with E-state index in [1.807, 2.05) is 12.1 Å². The summed E-state index contributed by atoms with van der Waals surface area (Å²) in [5, 5.41) is 2.79. The van der Waals surface area contributed by atoms with E-state index in [4.69, 9.17) is 0 Å². The van der Waals surface area contributed by atoms with Crippen molar-refractivity contribution < 1.29 is 18.0 Å². The SMILES string of the molecule is CCCCCCCCCc1ccc2cc([C@H](N3NC(=O)CC3(C)C)C(F)(F)F)ccc2c1. The lowest BCUT2D eigenvalue weighted by Gasteiger charge is -2.38. The lowest BCUT2D eigenvalue weighted by Crippen LogP contribution is -2.51. The highest BCUT2D eigenvalue weighted by atomic mass is 19.4. The molecule has 1 amide bonds. The van der Waals surface area contributed by atoms with Gasteiger partial charge in [-0.25, -0.2) is 0 Å². The van der Waals surface area contributed by atoms with E-state index in [2.05, 4.69) is 18.4 Å². The Kier molecular flexibility index (Phi) is 7.86. The molecule has 0 spiro atoms. The molecule has 1 saturated heterocycles. The fourth-order valence-corrected chi connectivity index (χ4v) is 4.63. The van der Waals surface area contributed by atoms with Gasteiger partial charge in [0, 0.05) is 12.0 Å². The Bertz CT molecular complexity index is 923. The maximum absolute atomic E-state index is 14.1. The number of aryl methyl sites for hydroxylation is 1. The van der Waals surface area contributed by atoms with E-state index in [0.29, 0.717) is 0 Å². The second-order valence-electron chi connectivity index (χ2n) is 9.65. The number of carbonyl (C=O) groups excluding carboxylic acids is 1. The molecular formula is C26H35F3N2O. The first-order valence-corrected chi connectivity index (χ1v) is 11.8. The zero-order valence-corrected chi connectivity index (χ0v) is 19.4. The maximum atomic E-state index is 14.1. The number of unbranched alkanes of at least 4 members (excludes halogenated alkanes) is 6. The molecule has 2 aromatic carbocycles. The van der Waals surface area contributed by atoms with E-state index in [1.54, 1.807) is 32.0 Å². The van der Waals surface area contributed by atoms with Crippen molar-refractivity contribution in [3.63, 3.8) is 0 Å². The molecule has 1 aliphatic rings. The van der Waals surface area contributed by atoms with Crippen LogP contribution in [0.3, 0.4) is 0 Å². The maximum Gasteiger partial charge on any atom is 0.409 e. The molecule has 0 radical (unpaired) electrons. The molecule has 0 bridgehead atoms.